The molecular formula is C7H13ClN3O2. The van der Waals surface area contributed by atoms with E-state index in [0.29, 0.717) is 11.6 Å². The number of hydrogen-bond donors (Lipinski definition) is 1. The Balaban J connectivity index is 3.85. The lowest BCUT2D eigenvalue weighted by atomic mass is 10.3. The maximum atomic E-state index is 11.1. The van der Waals surface area contributed by atoms with Crippen LogP contribution >= 0.6 is 11.6 Å². The molecule has 0 aliphatic rings. The number of amides is 2. The summed E-state index contributed by atoms with van der Waals surface area (Å²) in [7, 11) is 0. The van der Waals surface area contributed by atoms with Crippen molar-refractivity contribution in [1.29, 1.82) is 0 Å². The maximum Gasteiger partial charge on any atom is 0.341 e. The largest absolute Gasteiger partial charge is 0.341 e. The summed E-state index contributed by atoms with van der Waals surface area (Å²) in [5.74, 6) is 0. The highest BCUT2D eigenvalue weighted by Gasteiger charge is 2.17. The summed E-state index contributed by atoms with van der Waals surface area (Å²) in [5.41, 5.74) is -0.739. The van der Waals surface area contributed by atoms with E-state index in [1.807, 2.05) is 0 Å². The first-order chi connectivity index (χ1) is 6.13. The lowest BCUT2D eigenvalue weighted by molar-refractivity contribution is 0.196. The number of carbonyl (C=O) groups excluding carboxylic acids is 1. The molecule has 0 bridgehead atoms. The molecule has 0 saturated carbocycles. The summed E-state index contributed by atoms with van der Waals surface area (Å²) < 4.78 is 0. The van der Waals surface area contributed by atoms with Gasteiger partial charge in [0, 0.05) is 6.54 Å². The number of urea groups is 1. The van der Waals surface area contributed by atoms with E-state index in [1.165, 1.54) is 6.92 Å². The van der Waals surface area contributed by atoms with Crippen LogP contribution in [0.4, 0.5) is 4.79 Å². The van der Waals surface area contributed by atoms with Crippen LogP contribution in [-0.4, -0.2) is 23.1 Å². The van der Waals surface area contributed by atoms with Crippen LogP contribution in [0.25, 0.3) is 0 Å². The molecule has 0 aromatic heterocycles. The molecule has 1 atom stereocenters. The van der Waals surface area contributed by atoms with E-state index >= 15 is 0 Å². The number of hydrogen-bond acceptors (Lipinski definition) is 3. The van der Waals surface area contributed by atoms with Crippen LogP contribution in [0.1, 0.15) is 19.8 Å². The molecule has 0 aliphatic heterocycles. The minimum absolute atomic E-state index is 0.470. The Bertz CT molecular complexity index is 175. The number of alkyl halides is 1. The lowest BCUT2D eigenvalue weighted by Gasteiger charge is -2.15. The molecule has 13 heavy (non-hydrogen) atoms. The number of halogens is 1. The standard InChI is InChI=1S/C7H13ClN3O2/c1-3-4-5-9-7(12)11(10-13)6(2)8/h6H,1,3-5H2,2H3,(H,9,12). The second-order valence-corrected chi connectivity index (χ2v) is 3.07. The second kappa shape index (κ2) is 6.65. The summed E-state index contributed by atoms with van der Waals surface area (Å²) in [6, 6.07) is -0.578. The van der Waals surface area contributed by atoms with Crippen LogP contribution in [-0.2, 0) is 0 Å². The SMILES string of the molecule is [CH2]CCCNC(=O)N(N=O)C(C)Cl. The van der Waals surface area contributed by atoms with Crippen LogP contribution in [0.3, 0.4) is 0 Å². The van der Waals surface area contributed by atoms with Gasteiger partial charge in [0.25, 0.3) is 0 Å². The molecule has 0 aromatic rings. The Hall–Kier alpha value is -0.840. The van der Waals surface area contributed by atoms with Crippen LogP contribution in [0.2, 0.25) is 0 Å². The topological polar surface area (TPSA) is 61.8 Å². The normalized spacial score (nSPS) is 11.9. The van der Waals surface area contributed by atoms with Crippen LogP contribution < -0.4 is 5.32 Å². The maximum absolute atomic E-state index is 11.1. The Morgan fingerprint density at radius 2 is 2.38 bits per heavy atom. The Morgan fingerprint density at radius 3 is 2.77 bits per heavy atom. The van der Waals surface area contributed by atoms with E-state index in [0.717, 1.165) is 12.8 Å². The van der Waals surface area contributed by atoms with Gasteiger partial charge in [-0.1, -0.05) is 24.9 Å². The smallest absolute Gasteiger partial charge is 0.336 e. The number of nitrogens with zero attached hydrogens (tertiary/aromatic N) is 2. The lowest BCUT2D eigenvalue weighted by Crippen LogP contribution is -2.39. The van der Waals surface area contributed by atoms with Gasteiger partial charge in [0.1, 0.15) is 5.50 Å². The van der Waals surface area contributed by atoms with E-state index in [2.05, 4.69) is 17.5 Å². The average Bonchev–Trinajstić information content (AvgIpc) is 2.05. The van der Waals surface area contributed by atoms with Crippen LogP contribution in [0.5, 0.6) is 0 Å². The molecule has 2 amide bonds. The molecule has 0 heterocycles. The van der Waals surface area contributed by atoms with E-state index < -0.39 is 11.5 Å². The fraction of sp³-hybridized carbons (Fsp3) is 0.714. The molecule has 1 N–H and O–H groups in total. The molecule has 0 fully saturated rings. The zero-order chi connectivity index (χ0) is 10.3. The summed E-state index contributed by atoms with van der Waals surface area (Å²) in [4.78, 5) is 21.2. The first kappa shape index (κ1) is 12.2. The second-order valence-electron chi connectivity index (χ2n) is 2.44. The van der Waals surface area contributed by atoms with Crippen molar-refractivity contribution >= 4 is 17.6 Å². The fourth-order valence-electron chi connectivity index (χ4n) is 0.665. The van der Waals surface area contributed by atoms with Gasteiger partial charge in [-0.15, -0.1) is 4.91 Å². The third-order valence-electron chi connectivity index (χ3n) is 1.34. The molecular weight excluding hydrogens is 194 g/mol. The monoisotopic (exact) mass is 206 g/mol. The number of carbonyl (C=O) groups is 1. The zero-order valence-corrected chi connectivity index (χ0v) is 8.25. The molecule has 0 rings (SSSR count). The third-order valence-corrected chi connectivity index (χ3v) is 1.52. The van der Waals surface area contributed by atoms with Gasteiger partial charge in [-0.2, -0.15) is 5.01 Å². The Kier molecular flexibility index (Phi) is 6.22. The van der Waals surface area contributed by atoms with E-state index in [4.69, 9.17) is 11.6 Å². The van der Waals surface area contributed by atoms with Crippen molar-refractivity contribution in [2.75, 3.05) is 6.54 Å². The van der Waals surface area contributed by atoms with Crippen molar-refractivity contribution in [3.05, 3.63) is 11.8 Å². The molecule has 0 aliphatic carbocycles. The minimum Gasteiger partial charge on any atom is -0.336 e. The highest BCUT2D eigenvalue weighted by molar-refractivity contribution is 6.20. The summed E-state index contributed by atoms with van der Waals surface area (Å²) in [5, 5.41) is 5.62. The predicted octanol–water partition coefficient (Wildman–Crippen LogP) is 1.88. The fourth-order valence-corrected chi connectivity index (χ4v) is 0.789. The third kappa shape index (κ3) is 4.67. The van der Waals surface area contributed by atoms with Crippen molar-refractivity contribution < 1.29 is 4.79 Å². The Morgan fingerprint density at radius 1 is 1.77 bits per heavy atom. The minimum atomic E-state index is -0.739. The molecule has 0 aromatic carbocycles. The highest BCUT2D eigenvalue weighted by Crippen LogP contribution is 2.03. The number of nitroso groups, excluding NO2 is 1. The van der Waals surface area contributed by atoms with Gasteiger partial charge in [-0.3, -0.25) is 0 Å². The molecule has 6 heteroatoms. The van der Waals surface area contributed by atoms with Gasteiger partial charge in [0.2, 0.25) is 0 Å². The van der Waals surface area contributed by atoms with Crippen molar-refractivity contribution in [2.45, 2.75) is 25.3 Å². The zero-order valence-electron chi connectivity index (χ0n) is 7.49. The molecule has 5 nitrogen and oxygen atoms in total. The summed E-state index contributed by atoms with van der Waals surface area (Å²) >= 11 is 5.51. The molecule has 1 unspecified atom stereocenters. The van der Waals surface area contributed by atoms with Gasteiger partial charge in [-0.25, -0.2) is 4.79 Å². The van der Waals surface area contributed by atoms with Crippen LogP contribution in [0, 0.1) is 11.8 Å². The van der Waals surface area contributed by atoms with Crippen LogP contribution in [0.15, 0.2) is 5.29 Å². The first-order valence-corrected chi connectivity index (χ1v) is 4.40. The van der Waals surface area contributed by atoms with Gasteiger partial charge in [0.15, 0.2) is 0 Å². The first-order valence-electron chi connectivity index (χ1n) is 3.97. The number of rotatable bonds is 5. The average molecular weight is 207 g/mol. The van der Waals surface area contributed by atoms with E-state index in [1.54, 1.807) is 0 Å². The van der Waals surface area contributed by atoms with Crippen molar-refractivity contribution in [3.8, 4) is 0 Å². The van der Waals surface area contributed by atoms with Gasteiger partial charge in [-0.05, 0) is 13.3 Å². The van der Waals surface area contributed by atoms with Gasteiger partial charge in [0.05, 0.1) is 5.29 Å². The summed E-state index contributed by atoms with van der Waals surface area (Å²) in [6.45, 7) is 5.57. The van der Waals surface area contributed by atoms with E-state index in [-0.39, 0.29) is 0 Å². The molecule has 1 radical (unpaired) electrons. The van der Waals surface area contributed by atoms with Crippen molar-refractivity contribution in [2.24, 2.45) is 5.29 Å². The molecule has 0 spiro atoms. The highest BCUT2D eigenvalue weighted by atomic mass is 35.5. The molecule has 0 saturated heterocycles. The van der Waals surface area contributed by atoms with Crippen molar-refractivity contribution in [1.82, 2.24) is 10.3 Å². The van der Waals surface area contributed by atoms with Gasteiger partial charge < -0.3 is 5.32 Å². The number of unbranched alkanes of at least 4 members (excludes halogenated alkanes) is 1. The Labute approximate surface area is 82.4 Å². The quantitative estimate of drug-likeness (QED) is 0.245. The van der Waals surface area contributed by atoms with Gasteiger partial charge >= 0.3 is 6.03 Å². The summed E-state index contributed by atoms with van der Waals surface area (Å²) in [6.07, 6.45) is 1.49. The van der Waals surface area contributed by atoms with E-state index in [9.17, 15) is 9.70 Å². The molecule has 75 valence electrons. The predicted molar refractivity (Wildman–Crippen MR) is 50.9 cm³/mol. The van der Waals surface area contributed by atoms with Crippen molar-refractivity contribution in [3.63, 3.8) is 0 Å². The number of nitrogens with one attached hydrogen (secondary N) is 1.